The minimum atomic E-state index is -4.03. The van der Waals surface area contributed by atoms with Gasteiger partial charge in [-0.05, 0) is 43.9 Å². The average Bonchev–Trinajstić information content (AvgIpc) is 2.82. The molecule has 0 aliphatic carbocycles. The number of non-ortho nitro benzene ring substituents is 1. The predicted octanol–water partition coefficient (Wildman–Crippen LogP) is 4.04. The largest absolute Gasteiger partial charge is 0.352 e. The van der Waals surface area contributed by atoms with Crippen LogP contribution in [-0.2, 0) is 26.2 Å². The van der Waals surface area contributed by atoms with Crippen molar-refractivity contribution in [2.45, 2.75) is 59.2 Å². The second-order valence-electron chi connectivity index (χ2n) is 8.85. The number of nitrogens with one attached hydrogen (secondary N) is 1. The van der Waals surface area contributed by atoms with Gasteiger partial charge in [0.2, 0.25) is 21.8 Å². The van der Waals surface area contributed by atoms with E-state index >= 15 is 0 Å². The maximum absolute atomic E-state index is 13.7. The summed E-state index contributed by atoms with van der Waals surface area (Å²) in [6, 6.07) is 9.65. The van der Waals surface area contributed by atoms with Crippen molar-refractivity contribution in [1.82, 2.24) is 10.2 Å². The lowest BCUT2D eigenvalue weighted by molar-refractivity contribution is -0.384. The Morgan fingerprint density at radius 2 is 1.78 bits per heavy atom. The number of anilines is 1. The lowest BCUT2D eigenvalue weighted by Crippen LogP contribution is -2.53. The van der Waals surface area contributed by atoms with Gasteiger partial charge in [-0.25, -0.2) is 8.42 Å². The number of nitro groups is 1. The monoisotopic (exact) mass is 552 g/mol. The minimum absolute atomic E-state index is 0.0137. The number of amides is 2. The van der Waals surface area contributed by atoms with Crippen molar-refractivity contribution in [3.05, 3.63) is 68.7 Å². The summed E-state index contributed by atoms with van der Waals surface area (Å²) in [5, 5.41) is 14.6. The lowest BCUT2D eigenvalue weighted by atomic mass is 10.1. The van der Waals surface area contributed by atoms with E-state index in [2.05, 4.69) is 5.32 Å². The van der Waals surface area contributed by atoms with Crippen LogP contribution in [0.3, 0.4) is 0 Å². The number of nitrogens with zero attached hydrogens (tertiary/aromatic N) is 3. The van der Waals surface area contributed by atoms with Gasteiger partial charge in [0, 0.05) is 29.7 Å². The van der Waals surface area contributed by atoms with Gasteiger partial charge >= 0.3 is 0 Å². The topological polar surface area (TPSA) is 130 Å². The van der Waals surface area contributed by atoms with E-state index in [1.54, 1.807) is 38.1 Å². The first-order valence-corrected chi connectivity index (χ1v) is 14.1. The third-order valence-electron chi connectivity index (χ3n) is 6.04. The molecule has 0 aliphatic heterocycles. The van der Waals surface area contributed by atoms with Crippen LogP contribution in [0.25, 0.3) is 0 Å². The summed E-state index contributed by atoms with van der Waals surface area (Å²) in [7, 11) is -4.03. The van der Waals surface area contributed by atoms with Gasteiger partial charge in [-0.3, -0.25) is 24.0 Å². The standard InChI is InChI=1S/C25H33ClN4O6S/c1-6-18(4)27-25(32)22(7-2)28(15-19-10-8-9-11-21(19)26)24(31)16-29(37(5,35)36)23-14-20(30(33)34)13-12-17(23)3/h8-14,18,22H,6-7,15-16H2,1-5H3,(H,27,32)/t18-,22+/m0/s1. The van der Waals surface area contributed by atoms with Crippen molar-refractivity contribution in [3.63, 3.8) is 0 Å². The summed E-state index contributed by atoms with van der Waals surface area (Å²) in [4.78, 5) is 38.9. The fourth-order valence-corrected chi connectivity index (χ4v) is 4.84. The number of sulfonamides is 1. The van der Waals surface area contributed by atoms with Gasteiger partial charge in [-0.2, -0.15) is 0 Å². The summed E-state index contributed by atoms with van der Waals surface area (Å²) in [5.74, 6) is -1.02. The Kier molecular flexibility index (Phi) is 10.4. The highest BCUT2D eigenvalue weighted by atomic mass is 35.5. The van der Waals surface area contributed by atoms with E-state index in [-0.39, 0.29) is 36.3 Å². The summed E-state index contributed by atoms with van der Waals surface area (Å²) in [5.41, 5.74) is 0.724. The highest BCUT2D eigenvalue weighted by Gasteiger charge is 2.33. The van der Waals surface area contributed by atoms with Crippen molar-refractivity contribution < 1.29 is 22.9 Å². The lowest BCUT2D eigenvalue weighted by Gasteiger charge is -2.33. The molecular weight excluding hydrogens is 520 g/mol. The molecule has 0 saturated heterocycles. The van der Waals surface area contributed by atoms with Gasteiger partial charge in [0.1, 0.15) is 12.6 Å². The molecule has 0 spiro atoms. The Morgan fingerprint density at radius 1 is 1.14 bits per heavy atom. The molecular formula is C25H33ClN4O6S. The number of carbonyl (C=O) groups excluding carboxylic acids is 2. The molecule has 1 N–H and O–H groups in total. The van der Waals surface area contributed by atoms with Gasteiger partial charge in [-0.1, -0.05) is 49.7 Å². The van der Waals surface area contributed by atoms with Crippen LogP contribution in [0.5, 0.6) is 0 Å². The van der Waals surface area contributed by atoms with Crippen molar-refractivity contribution >= 4 is 44.8 Å². The summed E-state index contributed by atoms with van der Waals surface area (Å²) in [6.07, 6.45) is 1.88. The van der Waals surface area contributed by atoms with Crippen molar-refractivity contribution in [1.29, 1.82) is 0 Å². The molecule has 0 aromatic heterocycles. The number of hydrogen-bond acceptors (Lipinski definition) is 6. The van der Waals surface area contributed by atoms with Crippen molar-refractivity contribution in [3.8, 4) is 0 Å². The Hall–Kier alpha value is -3.18. The molecule has 2 aromatic rings. The summed E-state index contributed by atoms with van der Waals surface area (Å²) >= 11 is 6.34. The molecule has 0 aliphatic rings. The maximum Gasteiger partial charge on any atom is 0.271 e. The summed E-state index contributed by atoms with van der Waals surface area (Å²) < 4.78 is 26.4. The van der Waals surface area contributed by atoms with Gasteiger partial charge in [0.15, 0.2) is 0 Å². The molecule has 2 rings (SSSR count). The third kappa shape index (κ3) is 7.90. The molecule has 12 heteroatoms. The molecule has 2 aromatic carbocycles. The number of carbonyl (C=O) groups is 2. The molecule has 0 saturated carbocycles. The van der Waals surface area contributed by atoms with E-state index < -0.39 is 33.4 Å². The first kappa shape index (κ1) is 30.0. The van der Waals surface area contributed by atoms with Crippen LogP contribution in [0, 0.1) is 17.0 Å². The van der Waals surface area contributed by atoms with E-state index in [1.165, 1.54) is 17.0 Å². The first-order chi connectivity index (χ1) is 17.3. The van der Waals surface area contributed by atoms with Crippen molar-refractivity contribution in [2.24, 2.45) is 0 Å². The van der Waals surface area contributed by atoms with Gasteiger partial charge < -0.3 is 10.2 Å². The van der Waals surface area contributed by atoms with E-state index in [1.807, 2.05) is 13.8 Å². The fraction of sp³-hybridized carbons (Fsp3) is 0.440. The normalized spacial score (nSPS) is 12.9. The van der Waals surface area contributed by atoms with Gasteiger partial charge in [0.05, 0.1) is 16.9 Å². The Labute approximate surface area is 222 Å². The van der Waals surface area contributed by atoms with Gasteiger partial charge in [0.25, 0.3) is 5.69 Å². The minimum Gasteiger partial charge on any atom is -0.352 e. The molecule has 0 fully saturated rings. The molecule has 0 unspecified atom stereocenters. The van der Waals surface area contributed by atoms with E-state index in [0.717, 1.165) is 16.6 Å². The van der Waals surface area contributed by atoms with Crippen LogP contribution < -0.4 is 9.62 Å². The van der Waals surface area contributed by atoms with Crippen LogP contribution in [0.4, 0.5) is 11.4 Å². The van der Waals surface area contributed by atoms with Gasteiger partial charge in [-0.15, -0.1) is 0 Å². The number of hydrogen-bond donors (Lipinski definition) is 1. The number of halogens is 1. The molecule has 10 nitrogen and oxygen atoms in total. The van der Waals surface area contributed by atoms with Crippen LogP contribution >= 0.6 is 11.6 Å². The SMILES string of the molecule is CC[C@H](C(=O)N[C@@H](C)CC)N(Cc1ccccc1Cl)C(=O)CN(c1cc([N+](=O)[O-])ccc1C)S(C)(=O)=O. The average molecular weight is 553 g/mol. The number of rotatable bonds is 12. The van der Waals surface area contributed by atoms with Crippen LogP contribution in [-0.4, -0.2) is 54.9 Å². The van der Waals surface area contributed by atoms with E-state index in [4.69, 9.17) is 11.6 Å². The zero-order valence-electron chi connectivity index (χ0n) is 21.6. The predicted molar refractivity (Wildman–Crippen MR) is 144 cm³/mol. The Bertz CT molecular complexity index is 1250. The smallest absolute Gasteiger partial charge is 0.271 e. The molecule has 2 atom stereocenters. The molecule has 0 radical (unpaired) electrons. The second-order valence-corrected chi connectivity index (χ2v) is 11.2. The fourth-order valence-electron chi connectivity index (χ4n) is 3.75. The highest BCUT2D eigenvalue weighted by molar-refractivity contribution is 7.92. The molecule has 0 heterocycles. The number of nitro benzene ring substituents is 1. The summed E-state index contributed by atoms with van der Waals surface area (Å²) in [6.45, 7) is 6.44. The van der Waals surface area contributed by atoms with Crippen LogP contribution in [0.1, 0.15) is 44.7 Å². The second kappa shape index (κ2) is 12.9. The number of benzene rings is 2. The van der Waals surface area contributed by atoms with E-state index in [9.17, 15) is 28.1 Å². The van der Waals surface area contributed by atoms with Crippen LogP contribution in [0.15, 0.2) is 42.5 Å². The Balaban J connectivity index is 2.54. The zero-order chi connectivity index (χ0) is 27.9. The van der Waals surface area contributed by atoms with Crippen molar-refractivity contribution in [2.75, 3.05) is 17.1 Å². The Morgan fingerprint density at radius 3 is 2.32 bits per heavy atom. The highest BCUT2D eigenvalue weighted by Crippen LogP contribution is 2.28. The molecule has 202 valence electrons. The first-order valence-electron chi connectivity index (χ1n) is 11.9. The van der Waals surface area contributed by atoms with Crippen LogP contribution in [0.2, 0.25) is 5.02 Å². The zero-order valence-corrected chi connectivity index (χ0v) is 23.2. The van der Waals surface area contributed by atoms with E-state index in [0.29, 0.717) is 22.6 Å². The maximum atomic E-state index is 13.7. The quantitative estimate of drug-likeness (QED) is 0.312. The molecule has 2 amide bonds. The molecule has 0 bridgehead atoms. The number of aryl methyl sites for hydroxylation is 1. The molecule has 37 heavy (non-hydrogen) atoms. The third-order valence-corrected chi connectivity index (χ3v) is 7.53.